The summed E-state index contributed by atoms with van der Waals surface area (Å²) in [6.07, 6.45) is 8.56. The molecule has 1 amide bonds. The molecule has 3 aliphatic rings. The highest BCUT2D eigenvalue weighted by molar-refractivity contribution is 5.86. The molecule has 1 aliphatic carbocycles. The first-order valence-electron chi connectivity index (χ1n) is 7.94. The van der Waals surface area contributed by atoms with Crippen LogP contribution in [0, 0.1) is 0 Å². The van der Waals surface area contributed by atoms with Crippen molar-refractivity contribution in [1.82, 2.24) is 10.6 Å². The molecule has 0 aromatic heterocycles. The van der Waals surface area contributed by atoms with Gasteiger partial charge in [-0.25, -0.2) is 0 Å². The lowest BCUT2D eigenvalue weighted by atomic mass is 9.87. The Labute approximate surface area is 129 Å². The molecule has 3 unspecified atom stereocenters. The van der Waals surface area contributed by atoms with Gasteiger partial charge in [-0.1, -0.05) is 31.1 Å². The summed E-state index contributed by atoms with van der Waals surface area (Å²) in [7, 11) is 0. The van der Waals surface area contributed by atoms with Crippen LogP contribution in [0.5, 0.6) is 11.5 Å². The van der Waals surface area contributed by atoms with Crippen LogP contribution < -0.4 is 20.1 Å². The summed E-state index contributed by atoms with van der Waals surface area (Å²) in [5, 5.41) is 6.62. The van der Waals surface area contributed by atoms with E-state index in [2.05, 4.69) is 10.6 Å². The Morgan fingerprint density at radius 2 is 1.91 bits per heavy atom. The molecular formula is C17H20N2O3. The second-order valence-corrected chi connectivity index (χ2v) is 6.12. The quantitative estimate of drug-likeness (QED) is 0.875. The van der Waals surface area contributed by atoms with Crippen LogP contribution in [0.4, 0.5) is 0 Å². The van der Waals surface area contributed by atoms with Crippen molar-refractivity contribution in [2.75, 3.05) is 6.79 Å². The summed E-state index contributed by atoms with van der Waals surface area (Å²) in [4.78, 5) is 12.2. The van der Waals surface area contributed by atoms with Gasteiger partial charge < -0.3 is 14.8 Å². The van der Waals surface area contributed by atoms with Crippen LogP contribution in [-0.2, 0) is 4.79 Å². The van der Waals surface area contributed by atoms with Crippen molar-refractivity contribution >= 4 is 12.0 Å². The fourth-order valence-electron chi connectivity index (χ4n) is 3.45. The monoisotopic (exact) mass is 300 g/mol. The van der Waals surface area contributed by atoms with Gasteiger partial charge in [-0.15, -0.1) is 0 Å². The molecule has 0 radical (unpaired) electrons. The molecule has 2 aliphatic heterocycles. The number of piperazine rings is 1. The van der Waals surface area contributed by atoms with Gasteiger partial charge >= 0.3 is 0 Å². The largest absolute Gasteiger partial charge is 0.454 e. The van der Waals surface area contributed by atoms with Gasteiger partial charge in [0, 0.05) is 12.1 Å². The molecule has 1 saturated carbocycles. The van der Waals surface area contributed by atoms with Crippen molar-refractivity contribution in [3.63, 3.8) is 0 Å². The predicted octanol–water partition coefficient (Wildman–Crippen LogP) is 1.83. The third-order valence-electron chi connectivity index (χ3n) is 4.65. The van der Waals surface area contributed by atoms with E-state index in [0.29, 0.717) is 12.1 Å². The van der Waals surface area contributed by atoms with E-state index >= 15 is 0 Å². The number of fused-ring (bicyclic) bond motifs is 2. The Bertz CT molecular complexity index is 614. The maximum Gasteiger partial charge on any atom is 0.241 e. The standard InChI is InChI=1S/C17H20N2O3/c20-17-14(18-12-3-1-2-4-13(12)19-17)7-5-11-6-8-15-16(9-11)22-10-21-15/h5-9,12-14,18H,1-4,10H2,(H,19,20)/b7-5+. The van der Waals surface area contributed by atoms with Crippen LogP contribution in [-0.4, -0.2) is 30.8 Å². The summed E-state index contributed by atoms with van der Waals surface area (Å²) >= 11 is 0. The van der Waals surface area contributed by atoms with Gasteiger partial charge in [0.15, 0.2) is 11.5 Å². The number of hydrogen-bond donors (Lipinski definition) is 2. The van der Waals surface area contributed by atoms with Gasteiger partial charge in [0.25, 0.3) is 0 Å². The number of rotatable bonds is 2. The first kappa shape index (κ1) is 13.6. The highest BCUT2D eigenvalue weighted by Crippen LogP contribution is 2.32. The van der Waals surface area contributed by atoms with E-state index in [4.69, 9.17) is 9.47 Å². The molecule has 3 atom stereocenters. The van der Waals surface area contributed by atoms with E-state index in [0.717, 1.165) is 29.9 Å². The van der Waals surface area contributed by atoms with Crippen molar-refractivity contribution in [1.29, 1.82) is 0 Å². The topological polar surface area (TPSA) is 59.6 Å². The molecule has 1 aromatic carbocycles. The number of carbonyl (C=O) groups is 1. The molecule has 5 nitrogen and oxygen atoms in total. The summed E-state index contributed by atoms with van der Waals surface area (Å²) in [6.45, 7) is 0.276. The van der Waals surface area contributed by atoms with Crippen molar-refractivity contribution in [2.24, 2.45) is 0 Å². The zero-order valence-corrected chi connectivity index (χ0v) is 12.4. The lowest BCUT2D eigenvalue weighted by Crippen LogP contribution is -2.64. The van der Waals surface area contributed by atoms with E-state index in [1.165, 1.54) is 12.8 Å². The van der Waals surface area contributed by atoms with Gasteiger partial charge in [0.2, 0.25) is 12.7 Å². The normalized spacial score (nSPS) is 30.2. The Morgan fingerprint density at radius 1 is 1.09 bits per heavy atom. The zero-order chi connectivity index (χ0) is 14.9. The van der Waals surface area contributed by atoms with E-state index in [1.807, 2.05) is 30.4 Å². The van der Waals surface area contributed by atoms with E-state index < -0.39 is 0 Å². The Kier molecular flexibility index (Phi) is 3.50. The molecule has 5 heteroatoms. The average molecular weight is 300 g/mol. The number of amides is 1. The lowest BCUT2D eigenvalue weighted by molar-refractivity contribution is -0.125. The molecule has 2 fully saturated rings. The number of carbonyl (C=O) groups excluding carboxylic acids is 1. The van der Waals surface area contributed by atoms with Crippen LogP contribution in [0.3, 0.4) is 0 Å². The Morgan fingerprint density at radius 3 is 2.82 bits per heavy atom. The third kappa shape index (κ3) is 2.57. The molecule has 2 N–H and O–H groups in total. The first-order chi connectivity index (χ1) is 10.8. The Hall–Kier alpha value is -2.01. The average Bonchev–Trinajstić information content (AvgIpc) is 3.00. The van der Waals surface area contributed by atoms with Gasteiger partial charge in [0.05, 0.1) is 0 Å². The van der Waals surface area contributed by atoms with Crippen LogP contribution in [0.2, 0.25) is 0 Å². The third-order valence-corrected chi connectivity index (χ3v) is 4.65. The SMILES string of the molecule is O=C1NC2CCCCC2NC1/C=C/c1ccc2c(c1)OCO2. The maximum atomic E-state index is 12.2. The van der Waals surface area contributed by atoms with Crippen molar-refractivity contribution in [3.05, 3.63) is 29.8 Å². The molecule has 1 saturated heterocycles. The summed E-state index contributed by atoms with van der Waals surface area (Å²) in [5.74, 6) is 1.60. The molecule has 4 rings (SSSR count). The first-order valence-corrected chi connectivity index (χ1v) is 7.94. The molecule has 0 spiro atoms. The van der Waals surface area contributed by atoms with Gasteiger partial charge in [-0.05, 0) is 30.5 Å². The van der Waals surface area contributed by atoms with Crippen LogP contribution in [0.25, 0.3) is 6.08 Å². The van der Waals surface area contributed by atoms with Crippen LogP contribution >= 0.6 is 0 Å². The van der Waals surface area contributed by atoms with Gasteiger partial charge in [-0.2, -0.15) is 0 Å². The summed E-state index contributed by atoms with van der Waals surface area (Å²) in [5.41, 5.74) is 1.00. The van der Waals surface area contributed by atoms with Crippen molar-refractivity contribution in [3.8, 4) is 11.5 Å². The van der Waals surface area contributed by atoms with Crippen LogP contribution in [0.1, 0.15) is 31.2 Å². The summed E-state index contributed by atoms with van der Waals surface area (Å²) < 4.78 is 10.7. The highest BCUT2D eigenvalue weighted by Gasteiger charge is 2.34. The highest BCUT2D eigenvalue weighted by atomic mass is 16.7. The number of benzene rings is 1. The minimum absolute atomic E-state index is 0.0696. The van der Waals surface area contributed by atoms with Crippen molar-refractivity contribution < 1.29 is 14.3 Å². The molecule has 22 heavy (non-hydrogen) atoms. The molecule has 0 bridgehead atoms. The number of nitrogens with one attached hydrogen (secondary N) is 2. The fraction of sp³-hybridized carbons (Fsp3) is 0.471. The molecule has 2 heterocycles. The number of ether oxygens (including phenoxy) is 2. The fourth-order valence-corrected chi connectivity index (χ4v) is 3.45. The molecule has 116 valence electrons. The second-order valence-electron chi connectivity index (χ2n) is 6.12. The molecular weight excluding hydrogens is 280 g/mol. The number of hydrogen-bond acceptors (Lipinski definition) is 4. The van der Waals surface area contributed by atoms with E-state index in [9.17, 15) is 4.79 Å². The van der Waals surface area contributed by atoms with E-state index in [-0.39, 0.29) is 18.7 Å². The minimum atomic E-state index is -0.259. The molecule has 1 aromatic rings. The minimum Gasteiger partial charge on any atom is -0.454 e. The van der Waals surface area contributed by atoms with Gasteiger partial charge in [0.1, 0.15) is 6.04 Å². The van der Waals surface area contributed by atoms with Crippen molar-refractivity contribution in [2.45, 2.75) is 43.8 Å². The zero-order valence-electron chi connectivity index (χ0n) is 12.4. The summed E-state index contributed by atoms with van der Waals surface area (Å²) in [6, 6.07) is 6.24. The lowest BCUT2D eigenvalue weighted by Gasteiger charge is -2.39. The van der Waals surface area contributed by atoms with Gasteiger partial charge in [-0.3, -0.25) is 10.1 Å². The van der Waals surface area contributed by atoms with E-state index in [1.54, 1.807) is 0 Å². The Balaban J connectivity index is 1.47. The maximum absolute atomic E-state index is 12.2. The predicted molar refractivity (Wildman–Crippen MR) is 82.7 cm³/mol. The second kappa shape index (κ2) is 5.65. The smallest absolute Gasteiger partial charge is 0.241 e. The van der Waals surface area contributed by atoms with Crippen LogP contribution in [0.15, 0.2) is 24.3 Å².